The van der Waals surface area contributed by atoms with Crippen molar-refractivity contribution in [2.75, 3.05) is 5.32 Å². The fourth-order valence-corrected chi connectivity index (χ4v) is 1.57. The largest absolute Gasteiger partial charge is 0.307 e. The van der Waals surface area contributed by atoms with Gasteiger partial charge in [0.05, 0.1) is 15.9 Å². The first kappa shape index (κ1) is 12.3. The number of carbonyl (C=O) groups excluding carboxylic acids is 1. The SMILES string of the molecule is CC(Br)C(=O)Nc1nc2ccccc2nc1Cl. The second kappa shape index (κ2) is 4.98. The van der Waals surface area contributed by atoms with Crippen molar-refractivity contribution in [1.29, 1.82) is 0 Å². The van der Waals surface area contributed by atoms with E-state index in [1.807, 2.05) is 24.3 Å². The lowest BCUT2D eigenvalue weighted by molar-refractivity contribution is -0.115. The Morgan fingerprint density at radius 2 is 1.94 bits per heavy atom. The smallest absolute Gasteiger partial charge is 0.239 e. The summed E-state index contributed by atoms with van der Waals surface area (Å²) < 4.78 is 0. The summed E-state index contributed by atoms with van der Waals surface area (Å²) in [7, 11) is 0. The number of amides is 1. The number of fused-ring (bicyclic) bond motifs is 1. The Morgan fingerprint density at radius 1 is 1.35 bits per heavy atom. The molecule has 4 nitrogen and oxygen atoms in total. The van der Waals surface area contributed by atoms with Crippen LogP contribution in [0.4, 0.5) is 5.82 Å². The van der Waals surface area contributed by atoms with E-state index < -0.39 is 0 Å². The maximum Gasteiger partial charge on any atom is 0.239 e. The van der Waals surface area contributed by atoms with Gasteiger partial charge in [-0.25, -0.2) is 9.97 Å². The summed E-state index contributed by atoms with van der Waals surface area (Å²) in [4.78, 5) is 19.6. The van der Waals surface area contributed by atoms with Crippen molar-refractivity contribution in [2.45, 2.75) is 11.8 Å². The normalized spacial score (nSPS) is 12.4. The molecular weight excluding hydrogens is 305 g/mol. The van der Waals surface area contributed by atoms with Gasteiger partial charge in [-0.2, -0.15) is 0 Å². The number of halogens is 2. The maximum absolute atomic E-state index is 11.5. The lowest BCUT2D eigenvalue weighted by Gasteiger charge is -2.08. The number of nitrogens with one attached hydrogen (secondary N) is 1. The van der Waals surface area contributed by atoms with Gasteiger partial charge in [0.15, 0.2) is 11.0 Å². The van der Waals surface area contributed by atoms with Crippen molar-refractivity contribution < 1.29 is 4.79 Å². The van der Waals surface area contributed by atoms with E-state index in [1.165, 1.54) is 0 Å². The molecule has 0 bridgehead atoms. The molecule has 1 N–H and O–H groups in total. The molecule has 1 atom stereocenters. The van der Waals surface area contributed by atoms with E-state index in [9.17, 15) is 4.79 Å². The summed E-state index contributed by atoms with van der Waals surface area (Å²) in [5.74, 6) is 0.0677. The Balaban J connectivity index is 2.41. The molecule has 0 saturated carbocycles. The molecule has 2 rings (SSSR count). The third-order valence-corrected chi connectivity index (χ3v) is 2.81. The van der Waals surface area contributed by atoms with E-state index in [2.05, 4.69) is 31.2 Å². The van der Waals surface area contributed by atoms with Crippen molar-refractivity contribution in [2.24, 2.45) is 0 Å². The molecule has 88 valence electrons. The van der Waals surface area contributed by atoms with E-state index >= 15 is 0 Å². The number of carbonyl (C=O) groups is 1. The highest BCUT2D eigenvalue weighted by Gasteiger charge is 2.13. The number of hydrogen-bond acceptors (Lipinski definition) is 3. The number of alkyl halides is 1. The number of hydrogen-bond donors (Lipinski definition) is 1. The number of nitrogens with zero attached hydrogens (tertiary/aromatic N) is 2. The van der Waals surface area contributed by atoms with E-state index in [1.54, 1.807) is 6.92 Å². The Labute approximate surface area is 112 Å². The molecule has 0 fully saturated rings. The van der Waals surface area contributed by atoms with Crippen molar-refractivity contribution in [1.82, 2.24) is 9.97 Å². The monoisotopic (exact) mass is 313 g/mol. The number of para-hydroxylation sites is 2. The standard InChI is InChI=1S/C11H9BrClN3O/c1-6(12)11(17)16-10-9(13)14-7-4-2-3-5-8(7)15-10/h2-6H,1H3,(H,15,16,17). The first-order valence-electron chi connectivity index (χ1n) is 4.95. The Morgan fingerprint density at radius 3 is 2.53 bits per heavy atom. The molecule has 0 radical (unpaired) electrons. The molecule has 1 unspecified atom stereocenters. The molecule has 6 heteroatoms. The highest BCUT2D eigenvalue weighted by Crippen LogP contribution is 2.21. The predicted molar refractivity (Wildman–Crippen MR) is 71.6 cm³/mol. The van der Waals surface area contributed by atoms with Crippen LogP contribution in [0.5, 0.6) is 0 Å². The molecular formula is C11H9BrClN3O. The van der Waals surface area contributed by atoms with Gasteiger partial charge in [0.25, 0.3) is 0 Å². The summed E-state index contributed by atoms with van der Waals surface area (Å²) in [6, 6.07) is 7.33. The molecule has 1 aromatic carbocycles. The Hall–Kier alpha value is -1.20. The highest BCUT2D eigenvalue weighted by molar-refractivity contribution is 9.10. The van der Waals surface area contributed by atoms with Gasteiger partial charge in [0, 0.05) is 0 Å². The van der Waals surface area contributed by atoms with E-state index in [0.29, 0.717) is 11.0 Å². The van der Waals surface area contributed by atoms with Gasteiger partial charge < -0.3 is 5.32 Å². The van der Waals surface area contributed by atoms with Crippen LogP contribution in [0.2, 0.25) is 5.15 Å². The molecule has 2 aromatic rings. The zero-order valence-corrected chi connectivity index (χ0v) is 11.3. The second-order valence-corrected chi connectivity index (χ2v) is 5.19. The van der Waals surface area contributed by atoms with Gasteiger partial charge in [-0.3, -0.25) is 4.79 Å². The van der Waals surface area contributed by atoms with E-state index in [4.69, 9.17) is 11.6 Å². The van der Waals surface area contributed by atoms with Crippen LogP contribution in [0.15, 0.2) is 24.3 Å². The number of anilines is 1. The van der Waals surface area contributed by atoms with Gasteiger partial charge in [0.1, 0.15) is 0 Å². The highest BCUT2D eigenvalue weighted by atomic mass is 79.9. The summed E-state index contributed by atoms with van der Waals surface area (Å²) in [6.07, 6.45) is 0. The average molecular weight is 315 g/mol. The average Bonchev–Trinajstić information content (AvgIpc) is 2.29. The molecule has 0 aliphatic heterocycles. The van der Waals surface area contributed by atoms with Crippen LogP contribution in [-0.4, -0.2) is 20.7 Å². The summed E-state index contributed by atoms with van der Waals surface area (Å²) in [6.45, 7) is 1.72. The zero-order chi connectivity index (χ0) is 12.4. The number of rotatable bonds is 2. The Kier molecular flexibility index (Phi) is 3.59. The van der Waals surface area contributed by atoms with Crippen LogP contribution in [0.25, 0.3) is 11.0 Å². The molecule has 1 aromatic heterocycles. The van der Waals surface area contributed by atoms with Crippen LogP contribution in [-0.2, 0) is 4.79 Å². The third kappa shape index (κ3) is 2.73. The van der Waals surface area contributed by atoms with E-state index in [-0.39, 0.29) is 21.7 Å². The van der Waals surface area contributed by atoms with Gasteiger partial charge in [0.2, 0.25) is 5.91 Å². The van der Waals surface area contributed by atoms with Crippen LogP contribution in [0.1, 0.15) is 6.92 Å². The first-order valence-corrected chi connectivity index (χ1v) is 6.24. The van der Waals surface area contributed by atoms with Crippen molar-refractivity contribution in [3.63, 3.8) is 0 Å². The summed E-state index contributed by atoms with van der Waals surface area (Å²) in [5, 5.41) is 2.80. The molecule has 0 aliphatic carbocycles. The van der Waals surface area contributed by atoms with Crippen LogP contribution in [0, 0.1) is 0 Å². The molecule has 0 spiro atoms. The molecule has 0 saturated heterocycles. The van der Waals surface area contributed by atoms with Crippen LogP contribution < -0.4 is 5.32 Å². The first-order chi connectivity index (χ1) is 8.08. The lowest BCUT2D eigenvalue weighted by atomic mass is 10.3. The fraction of sp³-hybridized carbons (Fsp3) is 0.182. The zero-order valence-electron chi connectivity index (χ0n) is 8.95. The molecule has 17 heavy (non-hydrogen) atoms. The van der Waals surface area contributed by atoms with Crippen molar-refractivity contribution >= 4 is 50.3 Å². The second-order valence-electron chi connectivity index (χ2n) is 3.46. The predicted octanol–water partition coefficient (Wildman–Crippen LogP) is 3.01. The molecule has 1 amide bonds. The number of aromatic nitrogens is 2. The van der Waals surface area contributed by atoms with Crippen molar-refractivity contribution in [3.05, 3.63) is 29.4 Å². The summed E-state index contributed by atoms with van der Waals surface area (Å²) in [5.41, 5.74) is 1.39. The van der Waals surface area contributed by atoms with E-state index in [0.717, 1.165) is 0 Å². The minimum atomic E-state index is -0.313. The van der Waals surface area contributed by atoms with Gasteiger partial charge >= 0.3 is 0 Å². The molecule has 1 heterocycles. The Bertz CT molecular complexity index is 574. The quantitative estimate of drug-likeness (QED) is 0.867. The lowest BCUT2D eigenvalue weighted by Crippen LogP contribution is -2.21. The van der Waals surface area contributed by atoms with Gasteiger partial charge in [-0.1, -0.05) is 39.7 Å². The molecule has 0 aliphatic rings. The van der Waals surface area contributed by atoms with Gasteiger partial charge in [-0.15, -0.1) is 0 Å². The van der Waals surface area contributed by atoms with Gasteiger partial charge in [-0.05, 0) is 19.1 Å². The van der Waals surface area contributed by atoms with Crippen LogP contribution in [0.3, 0.4) is 0 Å². The van der Waals surface area contributed by atoms with Crippen molar-refractivity contribution in [3.8, 4) is 0 Å². The summed E-state index contributed by atoms with van der Waals surface area (Å²) >= 11 is 9.12. The maximum atomic E-state index is 11.5. The van der Waals surface area contributed by atoms with Crippen LogP contribution >= 0.6 is 27.5 Å². The fourth-order valence-electron chi connectivity index (χ4n) is 1.27. The topological polar surface area (TPSA) is 54.9 Å². The minimum absolute atomic E-state index is 0.185. The number of benzene rings is 1. The third-order valence-electron chi connectivity index (χ3n) is 2.13. The minimum Gasteiger partial charge on any atom is -0.307 e.